The molecule has 28 heavy (non-hydrogen) atoms. The lowest BCUT2D eigenvalue weighted by Gasteiger charge is -2.15. The normalized spacial score (nSPS) is 11.2. The molecule has 0 fully saturated rings. The van der Waals surface area contributed by atoms with Gasteiger partial charge in [-0.15, -0.1) is 0 Å². The van der Waals surface area contributed by atoms with E-state index in [0.717, 1.165) is 30.9 Å². The highest BCUT2D eigenvalue weighted by atomic mass is 16.6. The molecule has 9 nitrogen and oxygen atoms in total. The molecule has 9 heteroatoms. The van der Waals surface area contributed by atoms with Crippen molar-refractivity contribution in [3.63, 3.8) is 0 Å². The van der Waals surface area contributed by atoms with E-state index in [1.807, 2.05) is 19.1 Å². The second kappa shape index (κ2) is 8.76. The number of nitrogens with zero attached hydrogens (tertiary/aromatic N) is 1. The molecule has 0 heterocycles. The summed E-state index contributed by atoms with van der Waals surface area (Å²) in [7, 11) is 1.11. The van der Waals surface area contributed by atoms with Crippen molar-refractivity contribution in [2.24, 2.45) is 0 Å². The molecular weight excluding hydrogens is 368 g/mol. The number of nitro groups is 1. The summed E-state index contributed by atoms with van der Waals surface area (Å²) in [5.41, 5.74) is 0.493. The monoisotopic (exact) mass is 386 g/mol. The van der Waals surface area contributed by atoms with E-state index in [9.17, 15) is 24.5 Å². The maximum Gasteiger partial charge on any atom is 0.339 e. The van der Waals surface area contributed by atoms with Crippen molar-refractivity contribution in [2.75, 3.05) is 12.4 Å². The molecule has 0 aliphatic rings. The summed E-state index contributed by atoms with van der Waals surface area (Å²) in [4.78, 5) is 46.6. The largest absolute Gasteiger partial charge is 0.465 e. The Morgan fingerprint density at radius 2 is 1.68 bits per heavy atom. The number of aryl methyl sites for hydroxylation is 1. The number of carbonyl (C=O) groups excluding carboxylic acids is 3. The quantitative estimate of drug-likeness (QED) is 0.460. The number of rotatable bonds is 6. The molecule has 0 saturated heterocycles. The van der Waals surface area contributed by atoms with Crippen molar-refractivity contribution < 1.29 is 28.8 Å². The Kier molecular flexibility index (Phi) is 6.43. The first-order valence-corrected chi connectivity index (χ1v) is 8.18. The molecule has 0 aliphatic heterocycles. The number of nitro benzene ring substituents is 1. The number of benzene rings is 2. The lowest BCUT2D eigenvalue weighted by Crippen LogP contribution is -2.30. The number of anilines is 1. The Labute approximate surface area is 160 Å². The van der Waals surface area contributed by atoms with Crippen LogP contribution in [0.1, 0.15) is 33.2 Å². The van der Waals surface area contributed by atoms with Gasteiger partial charge in [-0.1, -0.05) is 18.2 Å². The van der Waals surface area contributed by atoms with Gasteiger partial charge in [-0.2, -0.15) is 0 Å². The van der Waals surface area contributed by atoms with Gasteiger partial charge in [-0.05, 0) is 31.5 Å². The van der Waals surface area contributed by atoms with Crippen molar-refractivity contribution >= 4 is 29.2 Å². The number of para-hydroxylation sites is 1. The third-order valence-electron chi connectivity index (χ3n) is 3.84. The first-order valence-electron chi connectivity index (χ1n) is 8.18. The zero-order valence-corrected chi connectivity index (χ0v) is 15.4. The van der Waals surface area contributed by atoms with Crippen LogP contribution < -0.4 is 5.32 Å². The Hall–Kier alpha value is -3.75. The first-order chi connectivity index (χ1) is 13.2. The highest BCUT2D eigenvalue weighted by Crippen LogP contribution is 2.20. The Morgan fingerprint density at radius 1 is 1.07 bits per heavy atom. The van der Waals surface area contributed by atoms with Crippen LogP contribution in [0, 0.1) is 17.0 Å². The molecule has 146 valence electrons. The fraction of sp³-hybridized carbons (Fsp3) is 0.211. The number of non-ortho nitro benzene ring substituents is 1. The van der Waals surface area contributed by atoms with Crippen molar-refractivity contribution in [2.45, 2.75) is 20.0 Å². The van der Waals surface area contributed by atoms with Gasteiger partial charge in [0.05, 0.1) is 23.2 Å². The predicted octanol–water partition coefficient (Wildman–Crippen LogP) is 2.87. The Bertz CT molecular complexity index is 940. The SMILES string of the molecule is COC(=O)c1cc(C(=O)OC(C)C(=O)Nc2ccccc2C)cc([N+](=O)[O-])c1. The lowest BCUT2D eigenvalue weighted by atomic mass is 10.1. The van der Waals surface area contributed by atoms with Crippen LogP contribution in [0.4, 0.5) is 11.4 Å². The highest BCUT2D eigenvalue weighted by molar-refractivity contribution is 5.99. The third kappa shape index (κ3) is 4.91. The molecule has 0 aromatic heterocycles. The summed E-state index contributed by atoms with van der Waals surface area (Å²) in [6.45, 7) is 3.17. The van der Waals surface area contributed by atoms with Gasteiger partial charge in [-0.3, -0.25) is 14.9 Å². The number of ether oxygens (including phenoxy) is 2. The molecule has 0 saturated carbocycles. The van der Waals surface area contributed by atoms with E-state index >= 15 is 0 Å². The Morgan fingerprint density at radius 3 is 2.25 bits per heavy atom. The number of esters is 2. The van der Waals surface area contributed by atoms with Gasteiger partial charge in [0, 0.05) is 17.8 Å². The number of carbonyl (C=O) groups is 3. The molecule has 2 rings (SSSR count). The third-order valence-corrected chi connectivity index (χ3v) is 3.84. The average molecular weight is 386 g/mol. The van der Waals surface area contributed by atoms with E-state index in [4.69, 9.17) is 4.74 Å². The summed E-state index contributed by atoms with van der Waals surface area (Å²) in [6.07, 6.45) is -1.17. The number of hydrogen-bond acceptors (Lipinski definition) is 7. The number of hydrogen-bond donors (Lipinski definition) is 1. The van der Waals surface area contributed by atoms with Gasteiger partial charge < -0.3 is 14.8 Å². The van der Waals surface area contributed by atoms with Crippen molar-refractivity contribution in [3.8, 4) is 0 Å². The molecule has 1 unspecified atom stereocenters. The van der Waals surface area contributed by atoms with Crippen LogP contribution in [0.2, 0.25) is 0 Å². The number of methoxy groups -OCH3 is 1. The molecule has 1 atom stereocenters. The van der Waals surface area contributed by atoms with Gasteiger partial charge in [0.1, 0.15) is 0 Å². The molecule has 2 aromatic rings. The highest BCUT2D eigenvalue weighted by Gasteiger charge is 2.23. The minimum absolute atomic E-state index is 0.180. The molecular formula is C19H18N2O7. The van der Waals surface area contributed by atoms with Crippen molar-refractivity contribution in [1.29, 1.82) is 0 Å². The molecule has 1 amide bonds. The maximum absolute atomic E-state index is 12.3. The second-order valence-corrected chi connectivity index (χ2v) is 5.87. The minimum Gasteiger partial charge on any atom is -0.465 e. The van der Waals surface area contributed by atoms with Crippen molar-refractivity contribution in [1.82, 2.24) is 0 Å². The fourth-order valence-corrected chi connectivity index (χ4v) is 2.30. The molecule has 1 N–H and O–H groups in total. The van der Waals surface area contributed by atoms with Gasteiger partial charge in [0.2, 0.25) is 0 Å². The summed E-state index contributed by atoms with van der Waals surface area (Å²) in [6, 6.07) is 10.1. The van der Waals surface area contributed by atoms with Crippen LogP contribution in [-0.2, 0) is 14.3 Å². The van der Waals surface area contributed by atoms with Crippen LogP contribution in [0.25, 0.3) is 0 Å². The van der Waals surface area contributed by atoms with Crippen LogP contribution in [0.3, 0.4) is 0 Å². The first kappa shape index (κ1) is 20.6. The van der Waals surface area contributed by atoms with Crippen molar-refractivity contribution in [3.05, 3.63) is 69.3 Å². The minimum atomic E-state index is -1.17. The van der Waals surface area contributed by atoms with Crippen LogP contribution in [0.5, 0.6) is 0 Å². The van der Waals surface area contributed by atoms with E-state index in [1.54, 1.807) is 12.1 Å². The molecule has 0 bridgehead atoms. The van der Waals surface area contributed by atoms with Crippen LogP contribution in [0.15, 0.2) is 42.5 Å². The van der Waals surface area contributed by atoms with Crippen LogP contribution >= 0.6 is 0 Å². The van der Waals surface area contributed by atoms with E-state index < -0.39 is 34.6 Å². The van der Waals surface area contributed by atoms with E-state index in [2.05, 4.69) is 10.1 Å². The van der Waals surface area contributed by atoms with E-state index in [-0.39, 0.29) is 11.1 Å². The van der Waals surface area contributed by atoms with Crippen LogP contribution in [-0.4, -0.2) is 36.0 Å². The Balaban J connectivity index is 2.18. The molecule has 2 aromatic carbocycles. The number of amides is 1. The maximum atomic E-state index is 12.3. The standard InChI is InChI=1S/C19H18N2O7/c1-11-6-4-5-7-16(11)20-17(22)12(2)28-19(24)14-8-13(18(23)27-3)9-15(10-14)21(25)26/h4-10,12H,1-3H3,(H,20,22). The topological polar surface area (TPSA) is 125 Å². The summed E-state index contributed by atoms with van der Waals surface area (Å²) < 4.78 is 9.61. The zero-order chi connectivity index (χ0) is 20.8. The average Bonchev–Trinajstić information content (AvgIpc) is 2.68. The second-order valence-electron chi connectivity index (χ2n) is 5.87. The fourth-order valence-electron chi connectivity index (χ4n) is 2.30. The summed E-state index contributed by atoms with van der Waals surface area (Å²) in [5, 5.41) is 13.7. The lowest BCUT2D eigenvalue weighted by molar-refractivity contribution is -0.384. The van der Waals surface area contributed by atoms with Gasteiger partial charge >= 0.3 is 11.9 Å². The summed E-state index contributed by atoms with van der Waals surface area (Å²) in [5.74, 6) is -2.40. The number of nitrogens with one attached hydrogen (secondary N) is 1. The smallest absolute Gasteiger partial charge is 0.339 e. The molecule has 0 aliphatic carbocycles. The molecule has 0 spiro atoms. The van der Waals surface area contributed by atoms with E-state index in [0.29, 0.717) is 5.69 Å². The van der Waals surface area contributed by atoms with Gasteiger partial charge in [0.15, 0.2) is 6.10 Å². The predicted molar refractivity (Wildman–Crippen MR) is 99.1 cm³/mol. The molecule has 0 radical (unpaired) electrons. The van der Waals surface area contributed by atoms with E-state index in [1.165, 1.54) is 6.92 Å². The summed E-state index contributed by atoms with van der Waals surface area (Å²) >= 11 is 0. The zero-order valence-electron chi connectivity index (χ0n) is 15.4. The van der Waals surface area contributed by atoms with Gasteiger partial charge in [0.25, 0.3) is 11.6 Å². The van der Waals surface area contributed by atoms with Gasteiger partial charge in [-0.25, -0.2) is 9.59 Å².